The van der Waals surface area contributed by atoms with Crippen molar-refractivity contribution in [1.29, 1.82) is 0 Å². The number of amides is 1. The molecule has 7 nitrogen and oxygen atoms in total. The van der Waals surface area contributed by atoms with Gasteiger partial charge in [0.1, 0.15) is 12.3 Å². The van der Waals surface area contributed by atoms with Gasteiger partial charge in [-0.25, -0.2) is 8.42 Å². The predicted octanol–water partition coefficient (Wildman–Crippen LogP) is 3.86. The van der Waals surface area contributed by atoms with E-state index in [1.54, 1.807) is 48.4 Å². The topological polar surface area (TPSA) is 70.2 Å². The Bertz CT molecular complexity index is 1290. The summed E-state index contributed by atoms with van der Waals surface area (Å²) < 4.78 is 34.0. The molecule has 184 valence electrons. The van der Waals surface area contributed by atoms with Crippen molar-refractivity contribution in [3.05, 3.63) is 83.9 Å². The zero-order valence-corrected chi connectivity index (χ0v) is 21.2. The maximum atomic E-state index is 13.6. The molecule has 0 bridgehead atoms. The number of carbonyl (C=O) groups is 1. The number of benzene rings is 3. The zero-order chi connectivity index (χ0) is 25.0. The molecule has 1 heterocycles. The smallest absolute Gasteiger partial charge is 0.264 e. The van der Waals surface area contributed by atoms with Crippen LogP contribution in [0, 0.1) is 13.8 Å². The Labute approximate surface area is 207 Å². The number of aryl methyl sites for hydroxylation is 2. The highest BCUT2D eigenvalue weighted by Gasteiger charge is 2.31. The standard InChI is InChI=1S/C27H31N3O4S/c1-21-13-14-24(22(2)19-21)30(35(32,33)23-9-5-4-6-10-23)20-27(31)29-17-15-28(16-18-29)25-11-7-8-12-26(25)34-3/h4-14,19H,15-18,20H2,1-3H3. The molecule has 4 rings (SSSR count). The minimum Gasteiger partial charge on any atom is -0.495 e. The molecule has 0 radical (unpaired) electrons. The summed E-state index contributed by atoms with van der Waals surface area (Å²) in [6, 6.07) is 21.6. The highest BCUT2D eigenvalue weighted by molar-refractivity contribution is 7.92. The third-order valence-electron chi connectivity index (χ3n) is 6.29. The van der Waals surface area contributed by atoms with E-state index in [1.165, 1.54) is 4.31 Å². The maximum Gasteiger partial charge on any atom is 0.264 e. The number of hydrogen-bond acceptors (Lipinski definition) is 5. The molecule has 8 heteroatoms. The first-order valence-corrected chi connectivity index (χ1v) is 13.1. The number of rotatable bonds is 7. The fourth-order valence-electron chi connectivity index (χ4n) is 4.42. The van der Waals surface area contributed by atoms with Gasteiger partial charge in [-0.15, -0.1) is 0 Å². The third kappa shape index (κ3) is 5.27. The number of carbonyl (C=O) groups excluding carboxylic acids is 1. The molecular formula is C27H31N3O4S. The SMILES string of the molecule is COc1ccccc1N1CCN(C(=O)CN(c2ccc(C)cc2C)S(=O)(=O)c2ccccc2)CC1. The first-order valence-electron chi connectivity index (χ1n) is 11.6. The van der Waals surface area contributed by atoms with Gasteiger partial charge in [-0.2, -0.15) is 0 Å². The van der Waals surface area contributed by atoms with Crippen LogP contribution >= 0.6 is 0 Å². The average molecular weight is 494 g/mol. The number of ether oxygens (including phenoxy) is 1. The number of nitrogens with zero attached hydrogens (tertiary/aromatic N) is 3. The molecule has 0 aliphatic carbocycles. The summed E-state index contributed by atoms with van der Waals surface area (Å²) in [6.07, 6.45) is 0. The van der Waals surface area contributed by atoms with Gasteiger partial charge in [0.25, 0.3) is 10.0 Å². The number of sulfonamides is 1. The molecule has 1 fully saturated rings. The zero-order valence-electron chi connectivity index (χ0n) is 20.3. The highest BCUT2D eigenvalue weighted by Crippen LogP contribution is 2.30. The van der Waals surface area contributed by atoms with Crippen LogP contribution in [-0.4, -0.2) is 59.1 Å². The molecule has 0 atom stereocenters. The minimum absolute atomic E-state index is 0.161. The molecule has 0 saturated carbocycles. The summed E-state index contributed by atoms with van der Waals surface area (Å²) in [5.41, 5.74) is 3.34. The lowest BCUT2D eigenvalue weighted by molar-refractivity contribution is -0.129. The van der Waals surface area contributed by atoms with Crippen LogP contribution < -0.4 is 13.9 Å². The Hall–Kier alpha value is -3.52. The van der Waals surface area contributed by atoms with Crippen LogP contribution in [-0.2, 0) is 14.8 Å². The first kappa shape index (κ1) is 24.6. The van der Waals surface area contributed by atoms with E-state index in [1.807, 2.05) is 50.2 Å². The molecule has 0 spiro atoms. The average Bonchev–Trinajstić information content (AvgIpc) is 2.88. The van der Waals surface area contributed by atoms with Crippen LogP contribution in [0.5, 0.6) is 5.75 Å². The van der Waals surface area contributed by atoms with E-state index in [2.05, 4.69) is 4.90 Å². The van der Waals surface area contributed by atoms with E-state index in [9.17, 15) is 13.2 Å². The van der Waals surface area contributed by atoms with E-state index in [0.717, 1.165) is 22.6 Å². The van der Waals surface area contributed by atoms with Crippen molar-refractivity contribution in [3.8, 4) is 5.75 Å². The van der Waals surface area contributed by atoms with E-state index in [0.29, 0.717) is 31.9 Å². The van der Waals surface area contributed by atoms with Crippen LogP contribution in [0.2, 0.25) is 0 Å². The molecule has 0 N–H and O–H groups in total. The molecule has 1 aliphatic rings. The molecule has 35 heavy (non-hydrogen) atoms. The van der Waals surface area contributed by atoms with Crippen molar-refractivity contribution in [1.82, 2.24) is 4.90 Å². The van der Waals surface area contributed by atoms with Crippen molar-refractivity contribution in [2.45, 2.75) is 18.7 Å². The normalized spacial score (nSPS) is 14.0. The summed E-state index contributed by atoms with van der Waals surface area (Å²) in [7, 11) is -2.28. The summed E-state index contributed by atoms with van der Waals surface area (Å²) >= 11 is 0. The molecule has 3 aromatic rings. The number of anilines is 2. The Balaban J connectivity index is 1.55. The van der Waals surface area contributed by atoms with E-state index in [-0.39, 0.29) is 17.3 Å². The number of para-hydroxylation sites is 2. The van der Waals surface area contributed by atoms with Gasteiger partial charge < -0.3 is 14.5 Å². The summed E-state index contributed by atoms with van der Waals surface area (Å²) in [6.45, 7) is 5.86. The van der Waals surface area contributed by atoms with Crippen LogP contribution in [0.25, 0.3) is 0 Å². The Kier molecular flexibility index (Phi) is 7.31. The fourth-order valence-corrected chi connectivity index (χ4v) is 5.91. The lowest BCUT2D eigenvalue weighted by atomic mass is 10.1. The van der Waals surface area contributed by atoms with Gasteiger partial charge in [0.15, 0.2) is 0 Å². The van der Waals surface area contributed by atoms with Crippen molar-refractivity contribution >= 4 is 27.3 Å². The second-order valence-corrected chi connectivity index (χ2v) is 10.5. The monoisotopic (exact) mass is 493 g/mol. The lowest BCUT2D eigenvalue weighted by Crippen LogP contribution is -2.52. The molecule has 1 saturated heterocycles. The van der Waals surface area contributed by atoms with Gasteiger partial charge in [-0.05, 0) is 49.7 Å². The Morgan fingerprint density at radius 1 is 0.914 bits per heavy atom. The van der Waals surface area contributed by atoms with Gasteiger partial charge in [0.05, 0.1) is 23.4 Å². The lowest BCUT2D eigenvalue weighted by Gasteiger charge is -2.37. The van der Waals surface area contributed by atoms with Gasteiger partial charge >= 0.3 is 0 Å². The summed E-state index contributed by atoms with van der Waals surface area (Å²) in [5.74, 6) is 0.575. The molecule has 0 aromatic heterocycles. The van der Waals surface area contributed by atoms with Crippen LogP contribution in [0.3, 0.4) is 0 Å². The van der Waals surface area contributed by atoms with Gasteiger partial charge in [-0.3, -0.25) is 9.10 Å². The molecule has 1 amide bonds. The number of hydrogen-bond donors (Lipinski definition) is 0. The van der Waals surface area contributed by atoms with Gasteiger partial charge in [0.2, 0.25) is 5.91 Å². The first-order chi connectivity index (χ1) is 16.8. The second-order valence-electron chi connectivity index (χ2n) is 8.65. The molecule has 1 aliphatic heterocycles. The van der Waals surface area contributed by atoms with E-state index >= 15 is 0 Å². The Morgan fingerprint density at radius 3 is 2.23 bits per heavy atom. The molecule has 3 aromatic carbocycles. The second kappa shape index (κ2) is 10.4. The fraction of sp³-hybridized carbons (Fsp3) is 0.296. The summed E-state index contributed by atoms with van der Waals surface area (Å²) in [5, 5.41) is 0. The van der Waals surface area contributed by atoms with Gasteiger partial charge in [-0.1, -0.05) is 48.0 Å². The van der Waals surface area contributed by atoms with Crippen LogP contribution in [0.4, 0.5) is 11.4 Å². The summed E-state index contributed by atoms with van der Waals surface area (Å²) in [4.78, 5) is 17.5. The van der Waals surface area contributed by atoms with Crippen molar-refractivity contribution in [2.24, 2.45) is 0 Å². The number of piperazine rings is 1. The van der Waals surface area contributed by atoms with E-state index < -0.39 is 10.0 Å². The van der Waals surface area contributed by atoms with Crippen LogP contribution in [0.1, 0.15) is 11.1 Å². The maximum absolute atomic E-state index is 13.6. The highest BCUT2D eigenvalue weighted by atomic mass is 32.2. The quantitative estimate of drug-likeness (QED) is 0.500. The van der Waals surface area contributed by atoms with Crippen molar-refractivity contribution < 1.29 is 17.9 Å². The number of methoxy groups -OCH3 is 1. The van der Waals surface area contributed by atoms with Crippen molar-refractivity contribution in [3.63, 3.8) is 0 Å². The van der Waals surface area contributed by atoms with Crippen molar-refractivity contribution in [2.75, 3.05) is 49.0 Å². The van der Waals surface area contributed by atoms with E-state index in [4.69, 9.17) is 4.74 Å². The minimum atomic E-state index is -3.93. The third-order valence-corrected chi connectivity index (χ3v) is 8.06. The van der Waals surface area contributed by atoms with Gasteiger partial charge in [0, 0.05) is 26.2 Å². The predicted molar refractivity (Wildman–Crippen MR) is 139 cm³/mol. The van der Waals surface area contributed by atoms with Crippen LogP contribution in [0.15, 0.2) is 77.7 Å². The molecular weight excluding hydrogens is 462 g/mol. The Morgan fingerprint density at radius 2 is 1.57 bits per heavy atom. The largest absolute Gasteiger partial charge is 0.495 e. The molecule has 0 unspecified atom stereocenters.